The molecular formula is C17H19N3O5. The fourth-order valence-electron chi connectivity index (χ4n) is 2.08. The molecule has 8 heteroatoms. The van der Waals surface area contributed by atoms with Crippen LogP contribution in [-0.2, 0) is 14.3 Å². The van der Waals surface area contributed by atoms with Crippen molar-refractivity contribution >= 4 is 29.3 Å². The normalized spacial score (nSPS) is 11.5. The van der Waals surface area contributed by atoms with Crippen molar-refractivity contribution in [1.29, 1.82) is 0 Å². The highest BCUT2D eigenvalue weighted by molar-refractivity contribution is 5.98. The van der Waals surface area contributed by atoms with Crippen LogP contribution in [0.4, 0.5) is 11.5 Å². The summed E-state index contributed by atoms with van der Waals surface area (Å²) in [7, 11) is 0. The molecule has 2 rings (SSSR count). The molecule has 0 fully saturated rings. The summed E-state index contributed by atoms with van der Waals surface area (Å²) in [6, 6.07) is 7.84. The van der Waals surface area contributed by atoms with E-state index in [1.54, 1.807) is 38.1 Å². The quantitative estimate of drug-likeness (QED) is 0.778. The molecule has 1 unspecified atom stereocenters. The number of nitrogens with one attached hydrogen (secondary N) is 2. The van der Waals surface area contributed by atoms with Crippen LogP contribution < -0.4 is 10.6 Å². The van der Waals surface area contributed by atoms with Gasteiger partial charge in [-0.05, 0) is 31.5 Å². The Morgan fingerprint density at radius 2 is 2.00 bits per heavy atom. The predicted octanol–water partition coefficient (Wildman–Crippen LogP) is 2.52. The molecule has 0 saturated heterocycles. The minimum atomic E-state index is -0.978. The van der Waals surface area contributed by atoms with Gasteiger partial charge in [-0.25, -0.2) is 4.79 Å². The zero-order valence-electron chi connectivity index (χ0n) is 14.2. The van der Waals surface area contributed by atoms with Crippen molar-refractivity contribution in [3.05, 3.63) is 41.7 Å². The molecule has 2 aromatic rings. The third-order valence-electron chi connectivity index (χ3n) is 3.21. The molecule has 25 heavy (non-hydrogen) atoms. The van der Waals surface area contributed by atoms with E-state index >= 15 is 0 Å². The maximum Gasteiger partial charge on any atom is 0.338 e. The molecule has 0 spiro atoms. The average Bonchev–Trinajstić information content (AvgIpc) is 2.96. The van der Waals surface area contributed by atoms with Gasteiger partial charge in [0.25, 0.3) is 5.91 Å². The van der Waals surface area contributed by atoms with Crippen LogP contribution in [-0.4, -0.2) is 29.0 Å². The summed E-state index contributed by atoms with van der Waals surface area (Å²) in [5.41, 5.74) is 0.701. The summed E-state index contributed by atoms with van der Waals surface area (Å²) in [4.78, 5) is 35.6. The van der Waals surface area contributed by atoms with Gasteiger partial charge in [-0.1, -0.05) is 18.1 Å². The van der Waals surface area contributed by atoms with Gasteiger partial charge >= 0.3 is 5.97 Å². The number of hydrogen-bond donors (Lipinski definition) is 2. The lowest BCUT2D eigenvalue weighted by Crippen LogP contribution is -2.32. The first-order chi connectivity index (χ1) is 11.9. The van der Waals surface area contributed by atoms with Gasteiger partial charge in [0.15, 0.2) is 11.9 Å². The SMILES string of the molecule is CCC(OC(=O)c1cccc(NC(C)=O)c1)C(=O)Nc1cc(C)on1. The highest BCUT2D eigenvalue weighted by Crippen LogP contribution is 2.14. The van der Waals surface area contributed by atoms with Crippen molar-refractivity contribution in [3.8, 4) is 0 Å². The third kappa shape index (κ3) is 5.17. The standard InChI is InChI=1S/C17H19N3O5/c1-4-14(16(22)19-15-8-10(2)25-20-15)24-17(23)12-6-5-7-13(9-12)18-11(3)21/h5-9,14H,4H2,1-3H3,(H,18,21)(H,19,20,22). The van der Waals surface area contributed by atoms with Crippen LogP contribution in [0.5, 0.6) is 0 Å². The van der Waals surface area contributed by atoms with E-state index in [9.17, 15) is 14.4 Å². The molecular weight excluding hydrogens is 326 g/mol. The lowest BCUT2D eigenvalue weighted by atomic mass is 10.2. The van der Waals surface area contributed by atoms with Gasteiger partial charge in [-0.15, -0.1) is 0 Å². The minimum Gasteiger partial charge on any atom is -0.449 e. The van der Waals surface area contributed by atoms with Gasteiger partial charge < -0.3 is 19.9 Å². The Balaban J connectivity index is 2.03. The van der Waals surface area contributed by atoms with Gasteiger partial charge in [0.2, 0.25) is 5.91 Å². The van der Waals surface area contributed by atoms with Crippen molar-refractivity contribution in [2.45, 2.75) is 33.3 Å². The molecule has 0 aliphatic heterocycles. The zero-order valence-corrected chi connectivity index (χ0v) is 14.2. The molecule has 0 aliphatic rings. The number of carbonyl (C=O) groups is 3. The summed E-state index contributed by atoms with van der Waals surface area (Å²) < 4.78 is 10.1. The fourth-order valence-corrected chi connectivity index (χ4v) is 2.08. The second-order valence-corrected chi connectivity index (χ2v) is 5.38. The molecule has 132 valence electrons. The van der Waals surface area contributed by atoms with Crippen molar-refractivity contribution < 1.29 is 23.6 Å². The maximum absolute atomic E-state index is 12.3. The van der Waals surface area contributed by atoms with Gasteiger partial charge in [0.05, 0.1) is 5.56 Å². The lowest BCUT2D eigenvalue weighted by Gasteiger charge is -2.15. The van der Waals surface area contributed by atoms with E-state index in [0.717, 1.165) is 0 Å². The van der Waals surface area contributed by atoms with Crippen LogP contribution in [0.3, 0.4) is 0 Å². The number of nitrogens with zero attached hydrogens (tertiary/aromatic N) is 1. The fraction of sp³-hybridized carbons (Fsp3) is 0.294. The van der Waals surface area contributed by atoms with E-state index in [2.05, 4.69) is 15.8 Å². The molecule has 2 N–H and O–H groups in total. The Bertz CT molecular complexity index is 784. The highest BCUT2D eigenvalue weighted by atomic mass is 16.5. The summed E-state index contributed by atoms with van der Waals surface area (Å²) in [6.07, 6.45) is -0.686. The van der Waals surface area contributed by atoms with Crippen molar-refractivity contribution in [2.24, 2.45) is 0 Å². The Morgan fingerprint density at radius 3 is 2.60 bits per heavy atom. The number of anilines is 2. The molecule has 1 atom stereocenters. The van der Waals surface area contributed by atoms with Crippen LogP contribution in [0.1, 0.15) is 36.4 Å². The summed E-state index contributed by atoms with van der Waals surface area (Å²) in [5.74, 6) is -0.605. The molecule has 8 nitrogen and oxygen atoms in total. The van der Waals surface area contributed by atoms with Crippen molar-refractivity contribution in [1.82, 2.24) is 5.16 Å². The lowest BCUT2D eigenvalue weighted by molar-refractivity contribution is -0.124. The number of esters is 1. The van der Waals surface area contributed by atoms with E-state index < -0.39 is 18.0 Å². The first-order valence-corrected chi connectivity index (χ1v) is 7.72. The van der Waals surface area contributed by atoms with Gasteiger partial charge in [0.1, 0.15) is 5.76 Å². The minimum absolute atomic E-state index is 0.231. The monoisotopic (exact) mass is 345 g/mol. The largest absolute Gasteiger partial charge is 0.449 e. The maximum atomic E-state index is 12.3. The number of carbonyl (C=O) groups excluding carboxylic acids is 3. The van der Waals surface area contributed by atoms with Crippen molar-refractivity contribution in [2.75, 3.05) is 10.6 Å². The van der Waals surface area contributed by atoms with E-state index in [-0.39, 0.29) is 17.3 Å². The van der Waals surface area contributed by atoms with E-state index in [1.807, 2.05) is 0 Å². The van der Waals surface area contributed by atoms with Crippen LogP contribution >= 0.6 is 0 Å². The molecule has 0 bridgehead atoms. The van der Waals surface area contributed by atoms with Gasteiger partial charge in [0, 0.05) is 18.7 Å². The molecule has 1 heterocycles. The van der Waals surface area contributed by atoms with Crippen LogP contribution in [0.25, 0.3) is 0 Å². The highest BCUT2D eigenvalue weighted by Gasteiger charge is 2.23. The molecule has 2 amide bonds. The number of rotatable bonds is 6. The number of aryl methyl sites for hydroxylation is 1. The van der Waals surface area contributed by atoms with E-state index in [0.29, 0.717) is 17.9 Å². The molecule has 0 radical (unpaired) electrons. The summed E-state index contributed by atoms with van der Waals surface area (Å²) >= 11 is 0. The smallest absolute Gasteiger partial charge is 0.338 e. The summed E-state index contributed by atoms with van der Waals surface area (Å²) in [6.45, 7) is 4.79. The molecule has 1 aromatic carbocycles. The Kier molecular flexibility index (Phi) is 5.89. The second kappa shape index (κ2) is 8.09. The predicted molar refractivity (Wildman–Crippen MR) is 90.1 cm³/mol. The number of hydrogen-bond acceptors (Lipinski definition) is 6. The summed E-state index contributed by atoms with van der Waals surface area (Å²) in [5, 5.41) is 8.77. The van der Waals surface area contributed by atoms with Crippen molar-refractivity contribution in [3.63, 3.8) is 0 Å². The van der Waals surface area contributed by atoms with E-state index in [1.165, 1.54) is 13.0 Å². The number of aromatic nitrogens is 1. The first-order valence-electron chi connectivity index (χ1n) is 7.72. The van der Waals surface area contributed by atoms with Crippen LogP contribution in [0.2, 0.25) is 0 Å². The third-order valence-corrected chi connectivity index (χ3v) is 3.21. The Morgan fingerprint density at radius 1 is 1.24 bits per heavy atom. The Labute approximate surface area is 144 Å². The number of amides is 2. The van der Waals surface area contributed by atoms with Crippen LogP contribution in [0, 0.1) is 6.92 Å². The van der Waals surface area contributed by atoms with Crippen LogP contribution in [0.15, 0.2) is 34.9 Å². The van der Waals surface area contributed by atoms with Gasteiger partial charge in [-0.3, -0.25) is 9.59 Å². The molecule has 1 aromatic heterocycles. The first kappa shape index (κ1) is 18.2. The van der Waals surface area contributed by atoms with Gasteiger partial charge in [-0.2, -0.15) is 0 Å². The topological polar surface area (TPSA) is 111 Å². The Hall–Kier alpha value is -3.16. The number of ether oxygens (including phenoxy) is 1. The average molecular weight is 345 g/mol. The van der Waals surface area contributed by atoms with E-state index in [4.69, 9.17) is 9.26 Å². The number of benzene rings is 1. The zero-order chi connectivity index (χ0) is 18.4. The molecule has 0 saturated carbocycles. The molecule has 0 aliphatic carbocycles. The second-order valence-electron chi connectivity index (χ2n) is 5.38.